The molecule has 0 saturated carbocycles. The van der Waals surface area contributed by atoms with E-state index in [2.05, 4.69) is 11.4 Å². The predicted octanol–water partition coefficient (Wildman–Crippen LogP) is 2.91. The van der Waals surface area contributed by atoms with Gasteiger partial charge in [-0.3, -0.25) is 4.98 Å². The number of aromatic carboxylic acids is 1. The van der Waals surface area contributed by atoms with Gasteiger partial charge in [0.2, 0.25) is 0 Å². The molecule has 2 heterocycles. The van der Waals surface area contributed by atoms with Gasteiger partial charge in [-0.15, -0.1) is 0 Å². The molecule has 1 aromatic carbocycles. The summed E-state index contributed by atoms with van der Waals surface area (Å²) in [5, 5.41) is 12.5. The lowest BCUT2D eigenvalue weighted by molar-refractivity contribution is 0.0697. The molecule has 21 heavy (non-hydrogen) atoms. The van der Waals surface area contributed by atoms with Gasteiger partial charge in [-0.2, -0.15) is 0 Å². The van der Waals surface area contributed by atoms with Gasteiger partial charge in [-0.25, -0.2) is 4.79 Å². The number of carboxylic acids is 1. The molecule has 0 amide bonds. The number of carboxylic acid groups (broad SMARTS) is 1. The first-order valence-electron chi connectivity index (χ1n) is 7.25. The van der Waals surface area contributed by atoms with Gasteiger partial charge in [0.1, 0.15) is 0 Å². The number of aromatic nitrogens is 1. The van der Waals surface area contributed by atoms with Gasteiger partial charge < -0.3 is 10.4 Å². The largest absolute Gasteiger partial charge is 0.478 e. The van der Waals surface area contributed by atoms with Gasteiger partial charge in [-0.05, 0) is 43.7 Å². The molecule has 1 aliphatic rings. The highest BCUT2D eigenvalue weighted by Crippen LogP contribution is 2.25. The van der Waals surface area contributed by atoms with Crippen molar-refractivity contribution in [2.24, 2.45) is 0 Å². The van der Waals surface area contributed by atoms with E-state index < -0.39 is 5.97 Å². The maximum atomic E-state index is 11.1. The number of nitrogens with one attached hydrogen (secondary N) is 1. The lowest BCUT2D eigenvalue weighted by Crippen LogP contribution is -2.28. The van der Waals surface area contributed by atoms with Crippen molar-refractivity contribution in [2.45, 2.75) is 18.8 Å². The van der Waals surface area contributed by atoms with Crippen LogP contribution in [0, 0.1) is 0 Å². The Morgan fingerprint density at radius 3 is 2.86 bits per heavy atom. The van der Waals surface area contributed by atoms with E-state index in [1.54, 1.807) is 18.2 Å². The number of nitrogens with zero attached hydrogens (tertiary/aromatic N) is 1. The van der Waals surface area contributed by atoms with E-state index in [-0.39, 0.29) is 0 Å². The summed E-state index contributed by atoms with van der Waals surface area (Å²) in [5.41, 5.74) is 3.06. The average Bonchev–Trinajstić information content (AvgIpc) is 2.56. The number of carbonyl (C=O) groups is 1. The Morgan fingerprint density at radius 1 is 1.24 bits per heavy atom. The van der Waals surface area contributed by atoms with Crippen LogP contribution < -0.4 is 5.32 Å². The number of pyridine rings is 1. The highest BCUT2D eigenvalue weighted by molar-refractivity contribution is 5.89. The zero-order valence-electron chi connectivity index (χ0n) is 11.7. The van der Waals surface area contributed by atoms with Crippen molar-refractivity contribution in [3.05, 3.63) is 53.7 Å². The molecule has 1 aromatic heterocycles. The number of piperidine rings is 1. The summed E-state index contributed by atoms with van der Waals surface area (Å²) < 4.78 is 0. The van der Waals surface area contributed by atoms with Crippen LogP contribution in [-0.4, -0.2) is 29.1 Å². The molecule has 1 unspecified atom stereocenters. The summed E-state index contributed by atoms with van der Waals surface area (Å²) in [6.45, 7) is 2.04. The van der Waals surface area contributed by atoms with Crippen LogP contribution in [0.5, 0.6) is 0 Å². The van der Waals surface area contributed by atoms with Crippen LogP contribution in [0.4, 0.5) is 0 Å². The molecule has 0 aliphatic carbocycles. The van der Waals surface area contributed by atoms with E-state index >= 15 is 0 Å². The highest BCUT2D eigenvalue weighted by Gasteiger charge is 2.17. The smallest absolute Gasteiger partial charge is 0.335 e. The fourth-order valence-corrected chi connectivity index (χ4v) is 2.76. The maximum absolute atomic E-state index is 11.1. The second-order valence-corrected chi connectivity index (χ2v) is 5.38. The van der Waals surface area contributed by atoms with E-state index in [1.807, 2.05) is 18.2 Å². The molecule has 1 aliphatic heterocycles. The number of rotatable bonds is 3. The minimum atomic E-state index is -0.913. The molecule has 0 spiro atoms. The van der Waals surface area contributed by atoms with Crippen molar-refractivity contribution in [2.75, 3.05) is 13.1 Å². The molecule has 1 saturated heterocycles. The molecule has 4 heteroatoms. The lowest BCUT2D eigenvalue weighted by atomic mass is 9.95. The van der Waals surface area contributed by atoms with E-state index in [4.69, 9.17) is 10.1 Å². The molecule has 2 aromatic rings. The standard InChI is InChI=1S/C17H18N2O2/c20-17(21)13-5-1-4-12(10-13)15-7-2-8-16(19-15)14-6-3-9-18-11-14/h1-2,4-5,7-8,10,14,18H,3,6,9,11H2,(H,20,21). The third kappa shape index (κ3) is 3.11. The van der Waals surface area contributed by atoms with Gasteiger partial charge in [0.15, 0.2) is 0 Å². The number of hydrogen-bond acceptors (Lipinski definition) is 3. The van der Waals surface area contributed by atoms with E-state index in [0.717, 1.165) is 36.5 Å². The first kappa shape index (κ1) is 13.8. The Bertz CT molecular complexity index is 649. The van der Waals surface area contributed by atoms with Gasteiger partial charge in [0.25, 0.3) is 0 Å². The predicted molar refractivity (Wildman–Crippen MR) is 81.5 cm³/mol. The molecule has 108 valence electrons. The second kappa shape index (κ2) is 6.06. The summed E-state index contributed by atoms with van der Waals surface area (Å²) in [6.07, 6.45) is 2.32. The van der Waals surface area contributed by atoms with Crippen LogP contribution in [-0.2, 0) is 0 Å². The van der Waals surface area contributed by atoms with E-state index in [9.17, 15) is 4.79 Å². The summed E-state index contributed by atoms with van der Waals surface area (Å²) >= 11 is 0. The molecule has 0 radical (unpaired) electrons. The topological polar surface area (TPSA) is 62.2 Å². The van der Waals surface area contributed by atoms with Crippen LogP contribution in [0.1, 0.15) is 34.8 Å². The average molecular weight is 282 g/mol. The summed E-state index contributed by atoms with van der Waals surface area (Å²) in [5.74, 6) is -0.467. The van der Waals surface area contributed by atoms with E-state index in [0.29, 0.717) is 11.5 Å². The van der Waals surface area contributed by atoms with Crippen molar-refractivity contribution in [1.29, 1.82) is 0 Å². The van der Waals surface area contributed by atoms with Gasteiger partial charge in [0.05, 0.1) is 11.3 Å². The van der Waals surface area contributed by atoms with Crippen LogP contribution in [0.2, 0.25) is 0 Å². The third-order valence-electron chi connectivity index (χ3n) is 3.89. The van der Waals surface area contributed by atoms with Crippen molar-refractivity contribution >= 4 is 5.97 Å². The zero-order valence-corrected chi connectivity index (χ0v) is 11.7. The Morgan fingerprint density at radius 2 is 2.10 bits per heavy atom. The second-order valence-electron chi connectivity index (χ2n) is 5.38. The van der Waals surface area contributed by atoms with Gasteiger partial charge in [-0.1, -0.05) is 18.2 Å². The minimum Gasteiger partial charge on any atom is -0.478 e. The quantitative estimate of drug-likeness (QED) is 0.908. The fraction of sp³-hybridized carbons (Fsp3) is 0.294. The Kier molecular flexibility index (Phi) is 3.97. The first-order valence-corrected chi connectivity index (χ1v) is 7.25. The minimum absolute atomic E-state index is 0.291. The van der Waals surface area contributed by atoms with Crippen molar-refractivity contribution < 1.29 is 9.90 Å². The molecule has 1 fully saturated rings. The molecular weight excluding hydrogens is 264 g/mol. The summed E-state index contributed by atoms with van der Waals surface area (Å²) in [7, 11) is 0. The Labute approximate surface area is 123 Å². The third-order valence-corrected chi connectivity index (χ3v) is 3.89. The summed E-state index contributed by atoms with van der Waals surface area (Å²) in [6, 6.07) is 12.9. The maximum Gasteiger partial charge on any atom is 0.335 e. The van der Waals surface area contributed by atoms with Crippen molar-refractivity contribution in [3.8, 4) is 11.3 Å². The molecular formula is C17H18N2O2. The Hall–Kier alpha value is -2.20. The van der Waals surface area contributed by atoms with Crippen LogP contribution >= 0.6 is 0 Å². The first-order chi connectivity index (χ1) is 10.2. The van der Waals surface area contributed by atoms with Gasteiger partial charge in [0, 0.05) is 23.7 Å². The normalized spacial score (nSPS) is 18.4. The molecule has 1 atom stereocenters. The molecule has 4 nitrogen and oxygen atoms in total. The highest BCUT2D eigenvalue weighted by atomic mass is 16.4. The Balaban J connectivity index is 1.92. The van der Waals surface area contributed by atoms with E-state index in [1.165, 1.54) is 6.42 Å². The molecule has 0 bridgehead atoms. The van der Waals surface area contributed by atoms with Crippen molar-refractivity contribution in [3.63, 3.8) is 0 Å². The zero-order chi connectivity index (χ0) is 14.7. The fourth-order valence-electron chi connectivity index (χ4n) is 2.76. The summed E-state index contributed by atoms with van der Waals surface area (Å²) in [4.78, 5) is 15.8. The van der Waals surface area contributed by atoms with Crippen LogP contribution in [0.15, 0.2) is 42.5 Å². The van der Waals surface area contributed by atoms with Gasteiger partial charge >= 0.3 is 5.97 Å². The SMILES string of the molecule is O=C(O)c1cccc(-c2cccc(C3CCCNC3)n2)c1. The van der Waals surface area contributed by atoms with Crippen molar-refractivity contribution in [1.82, 2.24) is 10.3 Å². The van der Waals surface area contributed by atoms with Crippen LogP contribution in [0.3, 0.4) is 0 Å². The number of hydrogen-bond donors (Lipinski definition) is 2. The van der Waals surface area contributed by atoms with Crippen LogP contribution in [0.25, 0.3) is 11.3 Å². The molecule has 2 N–H and O–H groups in total. The molecule has 3 rings (SSSR count). The lowest BCUT2D eigenvalue weighted by Gasteiger charge is -2.22. The number of benzene rings is 1. The monoisotopic (exact) mass is 282 g/mol.